The highest BCUT2D eigenvalue weighted by Crippen LogP contribution is 2.38. The Morgan fingerprint density at radius 3 is 1.41 bits per heavy atom. The SMILES string of the molecule is C.Cc1cc(F)ccc1-c1ccc(C(=O)C(=O)N[C@H](CN2CCCC2)[C@H](O)c2cc(F)c3c(c2)OCCO3)cc1.Cc1cc(F)ccc1-c1ccc(C(=O)C(=O)O)cc1.N[C@H](CN1CCCC1)[C@H](O)c1cc(F)c2c(c1)OCCO2. The van der Waals surface area contributed by atoms with Gasteiger partial charge in [-0.1, -0.05) is 68.1 Å². The fraction of sp³-hybridized carbons (Fsp3) is 0.344. The third kappa shape index (κ3) is 15.0. The number of aliphatic hydroxyl groups excluding tert-OH is 2. The molecule has 4 aliphatic rings. The summed E-state index contributed by atoms with van der Waals surface area (Å²) in [6, 6.07) is 25.8. The summed E-state index contributed by atoms with van der Waals surface area (Å²) in [7, 11) is 0. The van der Waals surface area contributed by atoms with Crippen molar-refractivity contribution in [2.24, 2.45) is 5.73 Å². The van der Waals surface area contributed by atoms with Crippen LogP contribution >= 0.6 is 0 Å². The summed E-state index contributed by atoms with van der Waals surface area (Å²) in [6.07, 6.45) is 2.11. The summed E-state index contributed by atoms with van der Waals surface area (Å²) in [4.78, 5) is 52.2. The molecule has 424 valence electrons. The number of aliphatic hydroxyl groups is 2. The van der Waals surface area contributed by atoms with Crippen LogP contribution in [0, 0.1) is 37.1 Å². The highest BCUT2D eigenvalue weighted by molar-refractivity contribution is 6.43. The monoisotopic (exact) mass is 1110 g/mol. The largest absolute Gasteiger partial charge is 0.486 e. The van der Waals surface area contributed by atoms with Gasteiger partial charge >= 0.3 is 5.97 Å². The van der Waals surface area contributed by atoms with E-state index in [2.05, 4.69) is 15.1 Å². The second-order valence-corrected chi connectivity index (χ2v) is 19.7. The number of nitrogens with zero attached hydrogens (tertiary/aromatic N) is 2. The molecule has 4 atom stereocenters. The lowest BCUT2D eigenvalue weighted by Gasteiger charge is -2.29. The molecule has 6 N–H and O–H groups in total. The number of benzene rings is 6. The van der Waals surface area contributed by atoms with Crippen molar-refractivity contribution in [3.05, 3.63) is 166 Å². The number of hydrogen-bond acceptors (Lipinski definition) is 13. The van der Waals surface area contributed by atoms with Gasteiger partial charge in [0.15, 0.2) is 34.6 Å². The van der Waals surface area contributed by atoms with Gasteiger partial charge in [-0.2, -0.15) is 0 Å². The number of carbonyl (C=O) groups is 4. The van der Waals surface area contributed by atoms with E-state index in [0.29, 0.717) is 37.6 Å². The van der Waals surface area contributed by atoms with Gasteiger partial charge in [0.1, 0.15) is 44.2 Å². The van der Waals surface area contributed by atoms with E-state index in [9.17, 15) is 47.0 Å². The van der Waals surface area contributed by atoms with Crippen LogP contribution in [0.25, 0.3) is 22.3 Å². The van der Waals surface area contributed by atoms with Gasteiger partial charge in [-0.15, -0.1) is 0 Å². The standard InChI is InChI=1S/C30H30F2N2O5.C15H21FN2O3.C15H11FO3.CH4/c1-18-14-22(31)8-9-23(18)19-4-6-20(7-5-19)28(36)30(37)33-25(17-34-10-2-3-11-34)27(35)21-15-24(32)29-26(16-21)38-12-13-39-29;16-11-7-10(8-13-15(11)21-6-5-20-13)14(19)12(17)9-18-3-1-2-4-18;1-9-8-12(16)6-7-13(9)10-2-4-11(5-3-10)14(17)15(18)19;/h4-9,14-16,25,27,35H,2-3,10-13,17H2,1H3,(H,33,37);7-8,12,14,19H,1-6,9,17H2;2-8H,1H3,(H,18,19);1H4/t25-,27-;12-,14-;;/m11../s1. The Balaban J connectivity index is 0.000000190. The lowest BCUT2D eigenvalue weighted by molar-refractivity contribution is -0.131. The molecule has 0 spiro atoms. The first kappa shape index (κ1) is 60.0. The van der Waals surface area contributed by atoms with Crippen LogP contribution in [0.15, 0.2) is 109 Å². The van der Waals surface area contributed by atoms with E-state index in [1.54, 1.807) is 68.4 Å². The van der Waals surface area contributed by atoms with Crippen molar-refractivity contribution in [1.29, 1.82) is 0 Å². The number of hydrogen-bond donors (Lipinski definition) is 5. The maximum Gasteiger partial charge on any atom is 0.377 e. The molecule has 15 nitrogen and oxygen atoms in total. The second-order valence-electron chi connectivity index (χ2n) is 19.7. The Labute approximate surface area is 461 Å². The van der Waals surface area contributed by atoms with E-state index < -0.39 is 59.4 Å². The van der Waals surface area contributed by atoms with Gasteiger partial charge in [0.25, 0.3) is 11.7 Å². The molecule has 2 saturated heterocycles. The molecule has 6 aromatic rings. The molecule has 0 aliphatic carbocycles. The van der Waals surface area contributed by atoms with E-state index in [1.807, 2.05) is 0 Å². The first-order chi connectivity index (χ1) is 37.9. The minimum Gasteiger partial charge on any atom is -0.486 e. The number of ketones is 2. The number of carboxylic acid groups (broad SMARTS) is 1. The van der Waals surface area contributed by atoms with E-state index in [0.717, 1.165) is 72.4 Å². The molecular formula is C61H66F4N4O11. The van der Waals surface area contributed by atoms with Crippen LogP contribution in [0.1, 0.15) is 88.3 Å². The third-order valence-electron chi connectivity index (χ3n) is 14.0. The zero-order valence-electron chi connectivity index (χ0n) is 43.7. The number of aliphatic carboxylic acids is 1. The van der Waals surface area contributed by atoms with Crippen molar-refractivity contribution < 1.29 is 71.0 Å². The van der Waals surface area contributed by atoms with Gasteiger partial charge in [-0.05, 0) is 159 Å². The number of halogens is 4. The fourth-order valence-corrected chi connectivity index (χ4v) is 9.91. The van der Waals surface area contributed by atoms with Gasteiger partial charge in [0, 0.05) is 30.3 Å². The molecule has 0 unspecified atom stereocenters. The Hall–Kier alpha value is -7.68. The van der Waals surface area contributed by atoms with Crippen LogP contribution in [-0.2, 0) is 9.59 Å². The normalized spacial score (nSPS) is 16.1. The van der Waals surface area contributed by atoms with Gasteiger partial charge in [-0.25, -0.2) is 22.4 Å². The Kier molecular flexibility index (Phi) is 20.6. The lowest BCUT2D eigenvalue weighted by Crippen LogP contribution is -2.48. The van der Waals surface area contributed by atoms with Crippen LogP contribution < -0.4 is 30.0 Å². The molecule has 0 bridgehead atoms. The summed E-state index contributed by atoms with van der Waals surface area (Å²) in [6.45, 7) is 9.30. The molecule has 80 heavy (non-hydrogen) atoms. The molecule has 6 aromatic carbocycles. The molecule has 0 saturated carbocycles. The Morgan fingerprint density at radius 1 is 0.562 bits per heavy atom. The number of amides is 1. The first-order valence-corrected chi connectivity index (χ1v) is 26.0. The van der Waals surface area contributed by atoms with Crippen molar-refractivity contribution in [2.45, 2.75) is 71.2 Å². The number of Topliss-reactive ketones (excluding diaryl/α,β-unsaturated/α-hetero) is 2. The lowest BCUT2D eigenvalue weighted by atomic mass is 9.98. The maximum absolute atomic E-state index is 14.7. The highest BCUT2D eigenvalue weighted by atomic mass is 19.1. The molecule has 2 fully saturated rings. The van der Waals surface area contributed by atoms with Gasteiger partial charge in [0.2, 0.25) is 5.78 Å². The van der Waals surface area contributed by atoms with E-state index in [-0.39, 0.29) is 66.2 Å². The highest BCUT2D eigenvalue weighted by Gasteiger charge is 2.32. The number of ether oxygens (including phenoxy) is 4. The van der Waals surface area contributed by atoms with Crippen LogP contribution in [0.4, 0.5) is 17.6 Å². The summed E-state index contributed by atoms with van der Waals surface area (Å²) in [5, 5.41) is 32.9. The summed E-state index contributed by atoms with van der Waals surface area (Å²) in [5.41, 5.74) is 11.8. The predicted octanol–water partition coefficient (Wildman–Crippen LogP) is 8.97. The molecule has 19 heteroatoms. The molecule has 0 aromatic heterocycles. The first-order valence-electron chi connectivity index (χ1n) is 26.0. The Bertz CT molecular complexity index is 3150. The predicted molar refractivity (Wildman–Crippen MR) is 292 cm³/mol. The van der Waals surface area contributed by atoms with Gasteiger partial charge in [0.05, 0.1) is 12.1 Å². The number of rotatable bonds is 15. The minimum absolute atomic E-state index is 0. The summed E-state index contributed by atoms with van der Waals surface area (Å²) >= 11 is 0. The minimum atomic E-state index is -1.48. The summed E-state index contributed by atoms with van der Waals surface area (Å²) < 4.78 is 76.6. The zero-order valence-corrected chi connectivity index (χ0v) is 43.7. The number of carbonyl (C=O) groups excluding carboxylic acids is 3. The zero-order chi connectivity index (χ0) is 56.3. The maximum atomic E-state index is 14.7. The van der Waals surface area contributed by atoms with E-state index in [4.69, 9.17) is 29.8 Å². The van der Waals surface area contributed by atoms with Gasteiger partial charge in [-0.3, -0.25) is 14.4 Å². The smallest absolute Gasteiger partial charge is 0.377 e. The molecule has 10 rings (SSSR count). The van der Waals surface area contributed by atoms with Crippen molar-refractivity contribution >= 4 is 23.4 Å². The van der Waals surface area contributed by atoms with Crippen molar-refractivity contribution in [3.8, 4) is 45.3 Å². The average Bonchev–Trinajstić information content (AvgIpc) is 4.22. The summed E-state index contributed by atoms with van der Waals surface area (Å²) in [5.74, 6) is -5.24. The molecule has 1 amide bonds. The van der Waals surface area contributed by atoms with Crippen LogP contribution in [0.5, 0.6) is 23.0 Å². The third-order valence-corrected chi connectivity index (χ3v) is 14.0. The van der Waals surface area contributed by atoms with Crippen molar-refractivity contribution in [2.75, 3.05) is 65.7 Å². The Morgan fingerprint density at radius 2 is 0.975 bits per heavy atom. The number of likely N-dealkylation sites (tertiary alicyclic amines) is 2. The topological polar surface area (TPSA) is 210 Å². The van der Waals surface area contributed by atoms with Crippen LogP contribution in [0.3, 0.4) is 0 Å². The number of carboxylic acids is 1. The van der Waals surface area contributed by atoms with Crippen molar-refractivity contribution in [3.63, 3.8) is 0 Å². The van der Waals surface area contributed by atoms with Crippen molar-refractivity contribution in [1.82, 2.24) is 15.1 Å². The number of nitrogens with two attached hydrogens (primary N) is 1. The quantitative estimate of drug-likeness (QED) is 0.0369. The fourth-order valence-electron chi connectivity index (χ4n) is 9.91. The van der Waals surface area contributed by atoms with Crippen LogP contribution in [-0.4, -0.2) is 126 Å². The second kappa shape index (κ2) is 27.5. The van der Waals surface area contributed by atoms with Gasteiger partial charge < -0.3 is 55.1 Å². The van der Waals surface area contributed by atoms with Crippen LogP contribution in [0.2, 0.25) is 0 Å². The number of aryl methyl sites for hydroxylation is 2. The molecule has 0 radical (unpaired) electrons. The molecule has 4 aliphatic heterocycles. The number of fused-ring (bicyclic) bond motifs is 2. The molecule has 4 heterocycles. The van der Waals surface area contributed by atoms with E-state index >= 15 is 0 Å². The van der Waals surface area contributed by atoms with E-state index in [1.165, 1.54) is 67.4 Å². The molecular weight excluding hydrogens is 1040 g/mol. The number of nitrogens with one attached hydrogen (secondary N) is 1. The average molecular weight is 1110 g/mol.